The molecule has 0 saturated heterocycles. The minimum absolute atomic E-state index is 0.0995. The summed E-state index contributed by atoms with van der Waals surface area (Å²) in [5, 5.41) is 10.2. The van der Waals surface area contributed by atoms with E-state index in [0.717, 1.165) is 0 Å². The topological polar surface area (TPSA) is 47.5 Å². The third kappa shape index (κ3) is 1.36. The summed E-state index contributed by atoms with van der Waals surface area (Å²) in [4.78, 5) is 12.7. The molecule has 0 aromatic heterocycles. The Bertz CT molecular complexity index is 370. The Morgan fingerprint density at radius 3 is 2.75 bits per heavy atom. The van der Waals surface area contributed by atoms with Crippen LogP contribution in [0.5, 0.6) is 0 Å². The lowest BCUT2D eigenvalue weighted by atomic mass is 10.3. The number of nitro groups is 1. The van der Waals surface area contributed by atoms with E-state index in [4.69, 9.17) is 18.2 Å². The fraction of sp³-hybridized carbons (Fsp3) is 0. The molecule has 0 N–H and O–H groups in total. The summed E-state index contributed by atoms with van der Waals surface area (Å²) in [6.45, 7) is 6.64. The Hall–Kier alpha value is -1.60. The number of nitrogens with zero attached hydrogens (tertiary/aromatic N) is 2. The number of nitro benzene ring substituents is 1. The van der Waals surface area contributed by atoms with E-state index in [-0.39, 0.29) is 16.4 Å². The van der Waals surface area contributed by atoms with E-state index in [1.807, 2.05) is 0 Å². The van der Waals surface area contributed by atoms with Crippen LogP contribution in [0.2, 0.25) is 5.02 Å². The van der Waals surface area contributed by atoms with E-state index in [9.17, 15) is 10.1 Å². The highest BCUT2D eigenvalue weighted by Gasteiger charge is 2.14. The van der Waals surface area contributed by atoms with Crippen LogP contribution in [0.25, 0.3) is 4.85 Å². The summed E-state index contributed by atoms with van der Waals surface area (Å²) >= 11 is 5.55. The van der Waals surface area contributed by atoms with Crippen molar-refractivity contribution in [3.05, 3.63) is 44.8 Å². The Morgan fingerprint density at radius 1 is 1.58 bits per heavy atom. The highest BCUT2D eigenvalue weighted by molar-refractivity contribution is 6.35. The van der Waals surface area contributed by atoms with Crippen LogP contribution in [0.3, 0.4) is 0 Å². The highest BCUT2D eigenvalue weighted by Crippen LogP contribution is 2.33. The van der Waals surface area contributed by atoms with Crippen LogP contribution in [-0.4, -0.2) is 4.92 Å². The molecule has 4 nitrogen and oxygen atoms in total. The minimum Gasteiger partial charge on any atom is -0.258 e. The molecule has 0 radical (unpaired) electrons. The molecule has 0 aliphatic rings. The zero-order chi connectivity index (χ0) is 9.14. The van der Waals surface area contributed by atoms with Gasteiger partial charge in [-0.25, -0.2) is 4.85 Å². The lowest BCUT2D eigenvalue weighted by Crippen LogP contribution is -1.87. The molecule has 5 heteroatoms. The van der Waals surface area contributed by atoms with Crippen LogP contribution in [0, 0.1) is 16.7 Å². The molecular formula is C7H3ClN2O2. The highest BCUT2D eigenvalue weighted by atomic mass is 35.5. The predicted molar refractivity (Wildman–Crippen MR) is 44.4 cm³/mol. The van der Waals surface area contributed by atoms with E-state index in [1.165, 1.54) is 18.2 Å². The van der Waals surface area contributed by atoms with Gasteiger partial charge in [0.25, 0.3) is 5.69 Å². The maximum Gasteiger partial charge on any atom is 0.277 e. The molecule has 1 aromatic carbocycles. The van der Waals surface area contributed by atoms with Gasteiger partial charge in [-0.2, -0.15) is 0 Å². The van der Waals surface area contributed by atoms with Crippen molar-refractivity contribution in [2.75, 3.05) is 0 Å². The van der Waals surface area contributed by atoms with Gasteiger partial charge in [0.05, 0.1) is 11.5 Å². The molecule has 1 aromatic rings. The average molecular weight is 183 g/mol. The second-order valence-electron chi connectivity index (χ2n) is 1.98. The van der Waals surface area contributed by atoms with Gasteiger partial charge in [-0.3, -0.25) is 10.1 Å². The average Bonchev–Trinajstić information content (AvgIpc) is 2.04. The van der Waals surface area contributed by atoms with Crippen LogP contribution < -0.4 is 0 Å². The summed E-state index contributed by atoms with van der Waals surface area (Å²) in [6, 6.07) is 4.12. The first kappa shape index (κ1) is 8.50. The van der Waals surface area contributed by atoms with Gasteiger partial charge >= 0.3 is 0 Å². The maximum atomic E-state index is 10.3. The quantitative estimate of drug-likeness (QED) is 0.381. The first-order valence-electron chi connectivity index (χ1n) is 2.97. The van der Waals surface area contributed by atoms with Crippen molar-refractivity contribution < 1.29 is 4.92 Å². The van der Waals surface area contributed by atoms with Crippen molar-refractivity contribution in [1.29, 1.82) is 0 Å². The Balaban J connectivity index is 3.35. The van der Waals surface area contributed by atoms with Gasteiger partial charge in [-0.05, 0) is 0 Å². The van der Waals surface area contributed by atoms with E-state index in [0.29, 0.717) is 0 Å². The number of rotatable bonds is 1. The van der Waals surface area contributed by atoms with Crippen LogP contribution in [-0.2, 0) is 0 Å². The van der Waals surface area contributed by atoms with Crippen LogP contribution >= 0.6 is 11.6 Å². The molecule has 0 fully saturated rings. The number of benzene rings is 1. The number of hydrogen-bond donors (Lipinski definition) is 0. The van der Waals surface area contributed by atoms with E-state index in [2.05, 4.69) is 4.85 Å². The molecule has 0 spiro atoms. The van der Waals surface area contributed by atoms with Crippen LogP contribution in [0.4, 0.5) is 11.4 Å². The molecule has 0 heterocycles. The molecule has 12 heavy (non-hydrogen) atoms. The molecule has 0 amide bonds. The van der Waals surface area contributed by atoms with Crippen molar-refractivity contribution in [1.82, 2.24) is 0 Å². The number of halogens is 1. The second-order valence-corrected chi connectivity index (χ2v) is 2.36. The summed E-state index contributed by atoms with van der Waals surface area (Å²) < 4.78 is 0. The molecule has 1 rings (SSSR count). The smallest absolute Gasteiger partial charge is 0.258 e. The van der Waals surface area contributed by atoms with Gasteiger partial charge in [-0.1, -0.05) is 23.7 Å². The fourth-order valence-corrected chi connectivity index (χ4v) is 0.973. The van der Waals surface area contributed by atoms with E-state index >= 15 is 0 Å². The maximum absolute atomic E-state index is 10.3. The van der Waals surface area contributed by atoms with Gasteiger partial charge in [0.15, 0.2) is 0 Å². The summed E-state index contributed by atoms with van der Waals surface area (Å²) in [6.07, 6.45) is 0. The SMILES string of the molecule is [C-]#[N+]c1cccc([N+](=O)[O-])c1Cl. The van der Waals surface area contributed by atoms with Crippen molar-refractivity contribution in [2.45, 2.75) is 0 Å². The van der Waals surface area contributed by atoms with Crippen molar-refractivity contribution in [2.24, 2.45) is 0 Å². The van der Waals surface area contributed by atoms with Crippen LogP contribution in [0.15, 0.2) is 18.2 Å². The normalized spacial score (nSPS) is 9.00. The summed E-state index contributed by atoms with van der Waals surface area (Å²) in [5.41, 5.74) is -0.129. The van der Waals surface area contributed by atoms with Crippen molar-refractivity contribution in [3.63, 3.8) is 0 Å². The lowest BCUT2D eigenvalue weighted by molar-refractivity contribution is -0.384. The zero-order valence-corrected chi connectivity index (χ0v) is 6.58. The summed E-state index contributed by atoms with van der Waals surface area (Å²) in [5.74, 6) is 0. The van der Waals surface area contributed by atoms with Crippen molar-refractivity contribution >= 4 is 23.0 Å². The Labute approximate surface area is 73.4 Å². The molecule has 0 aliphatic heterocycles. The second kappa shape index (κ2) is 3.20. The van der Waals surface area contributed by atoms with Gasteiger partial charge in [0.1, 0.15) is 5.02 Å². The van der Waals surface area contributed by atoms with Crippen molar-refractivity contribution in [3.8, 4) is 0 Å². The first-order chi connectivity index (χ1) is 5.66. The molecule has 0 bridgehead atoms. The number of hydrogen-bond acceptors (Lipinski definition) is 2. The molecule has 0 aliphatic carbocycles. The van der Waals surface area contributed by atoms with E-state index < -0.39 is 4.92 Å². The minimum atomic E-state index is -0.614. The van der Waals surface area contributed by atoms with Gasteiger partial charge in [-0.15, -0.1) is 0 Å². The predicted octanol–water partition coefficient (Wildman–Crippen LogP) is 2.80. The molecule has 60 valence electrons. The van der Waals surface area contributed by atoms with Crippen LogP contribution in [0.1, 0.15) is 0 Å². The molecular weight excluding hydrogens is 180 g/mol. The third-order valence-corrected chi connectivity index (χ3v) is 1.66. The summed E-state index contributed by atoms with van der Waals surface area (Å²) in [7, 11) is 0. The van der Waals surface area contributed by atoms with E-state index in [1.54, 1.807) is 0 Å². The monoisotopic (exact) mass is 182 g/mol. The molecule has 0 atom stereocenters. The standard InChI is InChI=1S/C7H3ClN2O2/c1-9-5-3-2-4-6(7(5)8)10(11)12/h2-4H. The van der Waals surface area contributed by atoms with Gasteiger partial charge < -0.3 is 0 Å². The van der Waals surface area contributed by atoms with Gasteiger partial charge in [0.2, 0.25) is 5.69 Å². The van der Waals surface area contributed by atoms with Gasteiger partial charge in [0, 0.05) is 6.07 Å². The third-order valence-electron chi connectivity index (χ3n) is 1.28. The lowest BCUT2D eigenvalue weighted by Gasteiger charge is -1.95. The molecule has 0 unspecified atom stereocenters. The molecule has 0 saturated carbocycles. The Kier molecular flexibility index (Phi) is 2.26. The first-order valence-corrected chi connectivity index (χ1v) is 3.35. The largest absolute Gasteiger partial charge is 0.277 e. The fourth-order valence-electron chi connectivity index (χ4n) is 0.735. The Morgan fingerprint density at radius 2 is 2.25 bits per heavy atom. The zero-order valence-electron chi connectivity index (χ0n) is 5.82.